The first-order chi connectivity index (χ1) is 12.0. The molecule has 1 fully saturated rings. The average Bonchev–Trinajstić information content (AvgIpc) is 3.43. The maximum Gasteiger partial charge on any atom is 0.312 e. The Kier molecular flexibility index (Phi) is 4.83. The van der Waals surface area contributed by atoms with Crippen molar-refractivity contribution in [3.63, 3.8) is 0 Å². The number of esters is 1. The van der Waals surface area contributed by atoms with Gasteiger partial charge in [0, 0.05) is 18.5 Å². The molecule has 132 valence electrons. The normalized spacial score (nSPS) is 15.0. The standard InChI is InChI=1S/C18H21N3O4/c1-11(12-7-8-12)19-16(22)10-25-17(23)9-15-13-5-3-4-6-14(13)18(24)21(2)20-15/h3-6,11-12H,7-10H2,1-2H3,(H,19,22)/t11-/m1/s1. The minimum Gasteiger partial charge on any atom is -0.455 e. The van der Waals surface area contributed by atoms with Crippen molar-refractivity contribution in [2.24, 2.45) is 13.0 Å². The molecule has 1 heterocycles. The Balaban J connectivity index is 1.63. The van der Waals surface area contributed by atoms with Crippen LogP contribution in [-0.4, -0.2) is 34.3 Å². The molecule has 0 bridgehead atoms. The van der Waals surface area contributed by atoms with Crippen LogP contribution in [-0.2, 0) is 27.8 Å². The second kappa shape index (κ2) is 7.04. The number of benzene rings is 1. The summed E-state index contributed by atoms with van der Waals surface area (Å²) in [6, 6.07) is 7.10. The maximum atomic E-state index is 12.1. The van der Waals surface area contributed by atoms with Crippen LogP contribution in [0, 0.1) is 5.92 Å². The predicted octanol–water partition coefficient (Wildman–Crippen LogP) is 0.934. The summed E-state index contributed by atoms with van der Waals surface area (Å²) >= 11 is 0. The van der Waals surface area contributed by atoms with Gasteiger partial charge in [0.05, 0.1) is 17.5 Å². The summed E-state index contributed by atoms with van der Waals surface area (Å²) in [6.07, 6.45) is 2.17. The molecule has 1 amide bonds. The number of nitrogens with one attached hydrogen (secondary N) is 1. The van der Waals surface area contributed by atoms with Crippen molar-refractivity contribution in [2.75, 3.05) is 6.61 Å². The van der Waals surface area contributed by atoms with Crippen LogP contribution in [0.25, 0.3) is 10.8 Å². The molecule has 1 saturated carbocycles. The van der Waals surface area contributed by atoms with E-state index in [0.717, 1.165) is 12.8 Å². The van der Waals surface area contributed by atoms with Crippen LogP contribution in [0.3, 0.4) is 0 Å². The highest BCUT2D eigenvalue weighted by atomic mass is 16.5. The predicted molar refractivity (Wildman–Crippen MR) is 92.0 cm³/mol. The Morgan fingerprint density at radius 1 is 1.32 bits per heavy atom. The summed E-state index contributed by atoms with van der Waals surface area (Å²) in [5, 5.41) is 8.10. The molecule has 1 atom stereocenters. The van der Waals surface area contributed by atoms with Gasteiger partial charge in [0.2, 0.25) is 0 Å². The second-order valence-corrected chi connectivity index (χ2v) is 6.45. The Hall–Kier alpha value is -2.70. The Morgan fingerprint density at radius 3 is 2.68 bits per heavy atom. The van der Waals surface area contributed by atoms with Crippen molar-refractivity contribution in [3.8, 4) is 0 Å². The second-order valence-electron chi connectivity index (χ2n) is 6.45. The van der Waals surface area contributed by atoms with Gasteiger partial charge >= 0.3 is 5.97 Å². The molecule has 1 aliphatic carbocycles. The van der Waals surface area contributed by atoms with Crippen molar-refractivity contribution in [1.82, 2.24) is 15.1 Å². The molecule has 0 aliphatic heterocycles. The molecule has 0 unspecified atom stereocenters. The number of hydrogen-bond donors (Lipinski definition) is 1. The van der Waals surface area contributed by atoms with Crippen LogP contribution in [0.5, 0.6) is 0 Å². The van der Waals surface area contributed by atoms with E-state index < -0.39 is 5.97 Å². The van der Waals surface area contributed by atoms with E-state index in [4.69, 9.17) is 4.74 Å². The summed E-state index contributed by atoms with van der Waals surface area (Å²) in [5.41, 5.74) is 0.232. The first-order valence-corrected chi connectivity index (χ1v) is 8.35. The molecule has 7 heteroatoms. The fraction of sp³-hybridized carbons (Fsp3) is 0.444. The summed E-state index contributed by atoms with van der Waals surface area (Å²) < 4.78 is 6.25. The molecule has 1 aliphatic rings. The molecular weight excluding hydrogens is 322 g/mol. The maximum absolute atomic E-state index is 12.1. The number of amides is 1. The third-order valence-corrected chi connectivity index (χ3v) is 4.43. The van der Waals surface area contributed by atoms with Crippen LogP contribution in [0.4, 0.5) is 0 Å². The fourth-order valence-corrected chi connectivity index (χ4v) is 2.85. The van der Waals surface area contributed by atoms with Gasteiger partial charge in [0.25, 0.3) is 11.5 Å². The molecule has 0 radical (unpaired) electrons. The molecule has 0 saturated heterocycles. The van der Waals surface area contributed by atoms with Gasteiger partial charge in [0.1, 0.15) is 0 Å². The van der Waals surface area contributed by atoms with Gasteiger partial charge in [-0.2, -0.15) is 5.10 Å². The van der Waals surface area contributed by atoms with Gasteiger partial charge < -0.3 is 10.1 Å². The first-order valence-electron chi connectivity index (χ1n) is 8.35. The molecule has 7 nitrogen and oxygen atoms in total. The van der Waals surface area contributed by atoms with Crippen molar-refractivity contribution >= 4 is 22.6 Å². The van der Waals surface area contributed by atoms with Gasteiger partial charge in [0.15, 0.2) is 6.61 Å². The van der Waals surface area contributed by atoms with Gasteiger partial charge in [-0.25, -0.2) is 4.68 Å². The Morgan fingerprint density at radius 2 is 2.00 bits per heavy atom. The summed E-state index contributed by atoms with van der Waals surface area (Å²) in [7, 11) is 1.54. The largest absolute Gasteiger partial charge is 0.455 e. The number of carbonyl (C=O) groups excluding carboxylic acids is 2. The zero-order valence-electron chi connectivity index (χ0n) is 14.3. The van der Waals surface area contributed by atoms with Crippen molar-refractivity contribution in [3.05, 3.63) is 40.3 Å². The van der Waals surface area contributed by atoms with Crippen molar-refractivity contribution < 1.29 is 14.3 Å². The van der Waals surface area contributed by atoms with E-state index in [9.17, 15) is 14.4 Å². The monoisotopic (exact) mass is 343 g/mol. The number of hydrogen-bond acceptors (Lipinski definition) is 5. The number of fused-ring (bicyclic) bond motifs is 1. The van der Waals surface area contributed by atoms with E-state index in [1.807, 2.05) is 6.92 Å². The lowest BCUT2D eigenvalue weighted by atomic mass is 10.1. The molecule has 1 aromatic carbocycles. The van der Waals surface area contributed by atoms with Gasteiger partial charge in [-0.3, -0.25) is 14.4 Å². The van der Waals surface area contributed by atoms with E-state index in [1.165, 1.54) is 11.7 Å². The fourth-order valence-electron chi connectivity index (χ4n) is 2.85. The van der Waals surface area contributed by atoms with E-state index in [-0.39, 0.29) is 30.5 Å². The van der Waals surface area contributed by atoms with Crippen molar-refractivity contribution in [1.29, 1.82) is 0 Å². The average molecular weight is 343 g/mol. The first kappa shape index (κ1) is 17.1. The molecule has 3 rings (SSSR count). The Bertz CT molecular complexity index is 870. The molecule has 0 spiro atoms. The number of aryl methyl sites for hydroxylation is 1. The van der Waals surface area contributed by atoms with Crippen LogP contribution in [0.15, 0.2) is 29.1 Å². The summed E-state index contributed by atoms with van der Waals surface area (Å²) in [6.45, 7) is 1.65. The molecule has 1 aromatic heterocycles. The number of carbonyl (C=O) groups is 2. The van der Waals surface area contributed by atoms with Gasteiger partial charge in [-0.1, -0.05) is 18.2 Å². The zero-order chi connectivity index (χ0) is 18.0. The SMILES string of the molecule is C[C@@H](NC(=O)COC(=O)Cc1nn(C)c(=O)c2ccccc12)C1CC1. The Labute approximate surface area is 145 Å². The van der Waals surface area contributed by atoms with Crippen molar-refractivity contribution in [2.45, 2.75) is 32.2 Å². The summed E-state index contributed by atoms with van der Waals surface area (Å²) in [5.74, 6) is -0.308. The van der Waals surface area contributed by atoms with Gasteiger partial charge in [-0.15, -0.1) is 0 Å². The third-order valence-electron chi connectivity index (χ3n) is 4.43. The van der Waals surface area contributed by atoms with E-state index in [0.29, 0.717) is 22.4 Å². The smallest absolute Gasteiger partial charge is 0.312 e. The minimum atomic E-state index is -0.550. The quantitative estimate of drug-likeness (QED) is 0.788. The highest BCUT2D eigenvalue weighted by Gasteiger charge is 2.29. The van der Waals surface area contributed by atoms with E-state index >= 15 is 0 Å². The van der Waals surface area contributed by atoms with Crippen LogP contribution < -0.4 is 10.9 Å². The van der Waals surface area contributed by atoms with Gasteiger partial charge in [-0.05, 0) is 31.7 Å². The van der Waals surface area contributed by atoms with E-state index in [1.54, 1.807) is 24.3 Å². The van der Waals surface area contributed by atoms with Crippen LogP contribution >= 0.6 is 0 Å². The number of nitrogens with zero attached hydrogens (tertiary/aromatic N) is 2. The van der Waals surface area contributed by atoms with Crippen LogP contribution in [0.2, 0.25) is 0 Å². The minimum absolute atomic E-state index is 0.0971. The molecule has 2 aromatic rings. The number of rotatable bonds is 6. The lowest BCUT2D eigenvalue weighted by molar-refractivity contribution is -0.148. The topological polar surface area (TPSA) is 90.3 Å². The number of ether oxygens (including phenoxy) is 1. The van der Waals surface area contributed by atoms with Crippen LogP contribution in [0.1, 0.15) is 25.5 Å². The molecule has 1 N–H and O–H groups in total. The number of aromatic nitrogens is 2. The highest BCUT2D eigenvalue weighted by Crippen LogP contribution is 2.32. The lowest BCUT2D eigenvalue weighted by Crippen LogP contribution is -2.37. The van der Waals surface area contributed by atoms with E-state index in [2.05, 4.69) is 10.4 Å². The zero-order valence-corrected chi connectivity index (χ0v) is 14.3. The third kappa shape index (κ3) is 4.04. The highest BCUT2D eigenvalue weighted by molar-refractivity contribution is 5.87. The molecular formula is C18H21N3O4. The molecule has 25 heavy (non-hydrogen) atoms. The summed E-state index contributed by atoms with van der Waals surface area (Å²) in [4.78, 5) is 35.9. The lowest BCUT2D eigenvalue weighted by Gasteiger charge is -2.13.